The molecule has 1 amide bonds. The molecule has 2 aromatic carbocycles. The van der Waals surface area contributed by atoms with Crippen LogP contribution in [0, 0.1) is 17.0 Å². The Balaban J connectivity index is 1.83. The molecule has 0 atom stereocenters. The molecule has 3 rings (SSSR count). The normalized spacial score (nSPS) is 10.5. The Morgan fingerprint density at radius 1 is 1.12 bits per heavy atom. The molecule has 0 aliphatic heterocycles. The van der Waals surface area contributed by atoms with Crippen molar-refractivity contribution in [1.29, 1.82) is 0 Å². The van der Waals surface area contributed by atoms with Crippen LogP contribution in [0.1, 0.15) is 16.1 Å². The molecule has 0 aliphatic rings. The SMILES string of the molecule is Cc1ccc(NC(=O)c2ccc(-c3ccc(Cl)cc3)o2)c([N+](=O)[O-])c1. The van der Waals surface area contributed by atoms with Crippen LogP contribution in [0.4, 0.5) is 11.4 Å². The molecule has 1 N–H and O–H groups in total. The molecule has 0 saturated heterocycles. The van der Waals surface area contributed by atoms with Crippen LogP contribution in [0.15, 0.2) is 59.0 Å². The van der Waals surface area contributed by atoms with E-state index in [0.717, 1.165) is 11.1 Å². The van der Waals surface area contributed by atoms with Gasteiger partial charge in [0.05, 0.1) is 4.92 Å². The second-order valence-electron chi connectivity index (χ2n) is 5.40. The second kappa shape index (κ2) is 6.78. The lowest BCUT2D eigenvalue weighted by atomic mass is 10.2. The summed E-state index contributed by atoms with van der Waals surface area (Å²) >= 11 is 5.85. The molecule has 25 heavy (non-hydrogen) atoms. The number of benzene rings is 2. The highest BCUT2D eigenvalue weighted by Gasteiger charge is 2.19. The first-order valence-corrected chi connectivity index (χ1v) is 7.74. The Hall–Kier alpha value is -3.12. The molecular weight excluding hydrogens is 344 g/mol. The van der Waals surface area contributed by atoms with Crippen molar-refractivity contribution in [2.24, 2.45) is 0 Å². The smallest absolute Gasteiger partial charge is 0.293 e. The average Bonchev–Trinajstić information content (AvgIpc) is 3.07. The fraction of sp³-hybridized carbons (Fsp3) is 0.0556. The number of hydrogen-bond acceptors (Lipinski definition) is 4. The van der Waals surface area contributed by atoms with E-state index >= 15 is 0 Å². The zero-order chi connectivity index (χ0) is 18.0. The van der Waals surface area contributed by atoms with Crippen LogP contribution in [-0.2, 0) is 0 Å². The number of furan rings is 1. The second-order valence-corrected chi connectivity index (χ2v) is 5.84. The number of carbonyl (C=O) groups excluding carboxylic acids is 1. The summed E-state index contributed by atoms with van der Waals surface area (Å²) in [6, 6.07) is 14.7. The number of carbonyl (C=O) groups is 1. The van der Waals surface area contributed by atoms with Gasteiger partial charge in [-0.25, -0.2) is 0 Å². The number of anilines is 1. The highest BCUT2D eigenvalue weighted by atomic mass is 35.5. The summed E-state index contributed by atoms with van der Waals surface area (Å²) in [6.45, 7) is 1.74. The molecule has 6 nitrogen and oxygen atoms in total. The molecule has 126 valence electrons. The molecule has 0 fully saturated rings. The predicted molar refractivity (Wildman–Crippen MR) is 94.9 cm³/mol. The largest absolute Gasteiger partial charge is 0.451 e. The van der Waals surface area contributed by atoms with Crippen molar-refractivity contribution in [3.05, 3.63) is 81.1 Å². The summed E-state index contributed by atoms with van der Waals surface area (Å²) in [6.07, 6.45) is 0. The van der Waals surface area contributed by atoms with Gasteiger partial charge in [-0.2, -0.15) is 0 Å². The van der Waals surface area contributed by atoms with Crippen molar-refractivity contribution >= 4 is 28.9 Å². The third-order valence-electron chi connectivity index (χ3n) is 3.56. The third-order valence-corrected chi connectivity index (χ3v) is 3.81. The minimum Gasteiger partial charge on any atom is -0.451 e. The number of nitrogens with zero attached hydrogens (tertiary/aromatic N) is 1. The van der Waals surface area contributed by atoms with E-state index in [2.05, 4.69) is 5.32 Å². The zero-order valence-electron chi connectivity index (χ0n) is 13.2. The first-order chi connectivity index (χ1) is 11.9. The first-order valence-electron chi connectivity index (χ1n) is 7.36. The van der Waals surface area contributed by atoms with E-state index in [1.54, 1.807) is 43.3 Å². The quantitative estimate of drug-likeness (QED) is 0.522. The van der Waals surface area contributed by atoms with Gasteiger partial charge in [-0.1, -0.05) is 17.7 Å². The van der Waals surface area contributed by atoms with Crippen LogP contribution >= 0.6 is 11.6 Å². The fourth-order valence-electron chi connectivity index (χ4n) is 2.31. The molecule has 1 heterocycles. The van der Waals surface area contributed by atoms with Gasteiger partial charge in [0.1, 0.15) is 11.4 Å². The number of hydrogen-bond donors (Lipinski definition) is 1. The molecule has 7 heteroatoms. The number of rotatable bonds is 4. The van der Waals surface area contributed by atoms with E-state index in [-0.39, 0.29) is 17.1 Å². The maximum atomic E-state index is 12.3. The number of nitrogens with one attached hydrogen (secondary N) is 1. The summed E-state index contributed by atoms with van der Waals surface area (Å²) in [4.78, 5) is 22.9. The molecule has 0 aliphatic carbocycles. The standard InChI is InChI=1S/C18H13ClN2O4/c1-11-2-7-14(15(10-11)21(23)24)20-18(22)17-9-8-16(25-17)12-3-5-13(19)6-4-12/h2-10H,1H3,(H,20,22). The highest BCUT2D eigenvalue weighted by Crippen LogP contribution is 2.27. The van der Waals surface area contributed by atoms with Crippen molar-refractivity contribution in [2.75, 3.05) is 5.32 Å². The number of nitro benzene ring substituents is 1. The van der Waals surface area contributed by atoms with Crippen molar-refractivity contribution in [3.63, 3.8) is 0 Å². The molecular formula is C18H13ClN2O4. The predicted octanol–water partition coefficient (Wildman–Crippen LogP) is 5.07. The molecule has 0 radical (unpaired) electrons. The van der Waals surface area contributed by atoms with E-state index < -0.39 is 10.8 Å². The molecule has 0 unspecified atom stereocenters. The Morgan fingerprint density at radius 3 is 2.52 bits per heavy atom. The highest BCUT2D eigenvalue weighted by molar-refractivity contribution is 6.30. The maximum Gasteiger partial charge on any atom is 0.293 e. The van der Waals surface area contributed by atoms with Crippen molar-refractivity contribution in [1.82, 2.24) is 0 Å². The third kappa shape index (κ3) is 3.70. The van der Waals surface area contributed by atoms with Gasteiger partial charge in [-0.3, -0.25) is 14.9 Å². The van der Waals surface area contributed by atoms with Gasteiger partial charge in [0, 0.05) is 16.7 Å². The van der Waals surface area contributed by atoms with E-state index in [4.69, 9.17) is 16.0 Å². The lowest BCUT2D eigenvalue weighted by Crippen LogP contribution is -2.12. The van der Waals surface area contributed by atoms with Crippen LogP contribution < -0.4 is 5.32 Å². The summed E-state index contributed by atoms with van der Waals surface area (Å²) in [7, 11) is 0. The summed E-state index contributed by atoms with van der Waals surface area (Å²) in [5, 5.41) is 14.2. The first kappa shape index (κ1) is 16.7. The minimum absolute atomic E-state index is 0.0554. The lowest BCUT2D eigenvalue weighted by molar-refractivity contribution is -0.384. The number of aryl methyl sites for hydroxylation is 1. The van der Waals surface area contributed by atoms with Crippen LogP contribution in [0.25, 0.3) is 11.3 Å². The number of halogens is 1. The van der Waals surface area contributed by atoms with Gasteiger partial charge >= 0.3 is 0 Å². The monoisotopic (exact) mass is 356 g/mol. The van der Waals surface area contributed by atoms with Crippen molar-refractivity contribution in [3.8, 4) is 11.3 Å². The molecule has 0 spiro atoms. The van der Waals surface area contributed by atoms with Gasteiger partial charge in [0.2, 0.25) is 0 Å². The lowest BCUT2D eigenvalue weighted by Gasteiger charge is -2.05. The minimum atomic E-state index is -0.563. The van der Waals surface area contributed by atoms with Crippen LogP contribution in [0.3, 0.4) is 0 Å². The van der Waals surface area contributed by atoms with Crippen LogP contribution in [0.5, 0.6) is 0 Å². The van der Waals surface area contributed by atoms with Crippen molar-refractivity contribution in [2.45, 2.75) is 6.92 Å². The number of nitro groups is 1. The van der Waals surface area contributed by atoms with E-state index in [9.17, 15) is 14.9 Å². The van der Waals surface area contributed by atoms with E-state index in [1.807, 2.05) is 0 Å². The Bertz CT molecular complexity index is 948. The topological polar surface area (TPSA) is 85.4 Å². The summed E-state index contributed by atoms with van der Waals surface area (Å²) in [5.74, 6) is -0.00721. The molecule has 0 saturated carbocycles. The zero-order valence-corrected chi connectivity index (χ0v) is 13.9. The van der Waals surface area contributed by atoms with Gasteiger partial charge in [-0.05, 0) is 55.0 Å². The van der Waals surface area contributed by atoms with Gasteiger partial charge < -0.3 is 9.73 Å². The van der Waals surface area contributed by atoms with Gasteiger partial charge in [0.15, 0.2) is 5.76 Å². The summed E-state index contributed by atoms with van der Waals surface area (Å²) in [5.41, 5.74) is 1.44. The van der Waals surface area contributed by atoms with Crippen molar-refractivity contribution < 1.29 is 14.1 Å². The number of amides is 1. The Kier molecular flexibility index (Phi) is 4.54. The fourth-order valence-corrected chi connectivity index (χ4v) is 2.44. The molecule has 0 bridgehead atoms. The van der Waals surface area contributed by atoms with E-state index in [0.29, 0.717) is 10.8 Å². The summed E-state index contributed by atoms with van der Waals surface area (Å²) < 4.78 is 5.54. The molecule has 3 aromatic rings. The Labute approximate surface area is 148 Å². The van der Waals surface area contributed by atoms with Crippen LogP contribution in [-0.4, -0.2) is 10.8 Å². The molecule has 1 aromatic heterocycles. The van der Waals surface area contributed by atoms with E-state index in [1.165, 1.54) is 18.2 Å². The maximum absolute atomic E-state index is 12.3. The Morgan fingerprint density at radius 2 is 1.84 bits per heavy atom. The van der Waals surface area contributed by atoms with Crippen LogP contribution in [0.2, 0.25) is 5.02 Å². The van der Waals surface area contributed by atoms with Gasteiger partial charge in [0.25, 0.3) is 11.6 Å². The average molecular weight is 357 g/mol. The van der Waals surface area contributed by atoms with Gasteiger partial charge in [-0.15, -0.1) is 0 Å².